The highest BCUT2D eigenvalue weighted by Crippen LogP contribution is 2.55. The van der Waals surface area contributed by atoms with Crippen LogP contribution in [-0.2, 0) is 4.79 Å². The summed E-state index contributed by atoms with van der Waals surface area (Å²) in [6.07, 6.45) is 9.13. The predicted octanol–water partition coefficient (Wildman–Crippen LogP) is 3.14. The van der Waals surface area contributed by atoms with Crippen molar-refractivity contribution in [2.45, 2.75) is 52.5 Å². The molecule has 2 aliphatic carbocycles. The summed E-state index contributed by atoms with van der Waals surface area (Å²) in [5.41, 5.74) is 0.200. The van der Waals surface area contributed by atoms with Crippen molar-refractivity contribution in [3.8, 4) is 0 Å². The van der Waals surface area contributed by atoms with Crippen molar-refractivity contribution < 1.29 is 4.79 Å². The molecule has 2 heteroatoms. The van der Waals surface area contributed by atoms with Crippen LogP contribution in [0.25, 0.3) is 0 Å². The maximum Gasteiger partial charge on any atom is 0.243 e. The van der Waals surface area contributed by atoms with E-state index in [9.17, 15) is 4.79 Å². The molecular weight excluding hydrogens is 222 g/mol. The van der Waals surface area contributed by atoms with Crippen LogP contribution in [0.3, 0.4) is 0 Å². The molecule has 1 amide bonds. The molecule has 0 bridgehead atoms. The summed E-state index contributed by atoms with van der Waals surface area (Å²) in [4.78, 5) is 11.5. The Kier molecular flexibility index (Phi) is 2.80. The van der Waals surface area contributed by atoms with E-state index in [4.69, 9.17) is 0 Å². The van der Waals surface area contributed by atoms with Crippen molar-refractivity contribution in [1.82, 2.24) is 5.32 Å². The summed E-state index contributed by atoms with van der Waals surface area (Å²) in [7, 11) is 0. The predicted molar refractivity (Wildman–Crippen MR) is 73.0 cm³/mol. The minimum Gasteiger partial charge on any atom is -0.349 e. The molecule has 0 aromatic carbocycles. The lowest BCUT2D eigenvalue weighted by Crippen LogP contribution is -2.58. The molecular formula is C16H25NO. The van der Waals surface area contributed by atoms with Crippen LogP contribution in [0.15, 0.2) is 12.2 Å². The lowest BCUT2D eigenvalue weighted by atomic mass is 9.51. The van der Waals surface area contributed by atoms with E-state index < -0.39 is 0 Å². The topological polar surface area (TPSA) is 29.1 Å². The molecule has 0 radical (unpaired) electrons. The van der Waals surface area contributed by atoms with Crippen molar-refractivity contribution in [1.29, 1.82) is 0 Å². The third kappa shape index (κ3) is 1.64. The van der Waals surface area contributed by atoms with Gasteiger partial charge in [-0.1, -0.05) is 33.3 Å². The largest absolute Gasteiger partial charge is 0.349 e. The van der Waals surface area contributed by atoms with E-state index >= 15 is 0 Å². The van der Waals surface area contributed by atoms with Crippen LogP contribution in [0.1, 0.15) is 46.5 Å². The summed E-state index contributed by atoms with van der Waals surface area (Å²) in [5, 5.41) is 3.19. The Hall–Kier alpha value is -0.790. The molecule has 0 spiro atoms. The highest BCUT2D eigenvalue weighted by Gasteiger charge is 2.51. The number of rotatable bonds is 0. The van der Waals surface area contributed by atoms with Crippen LogP contribution >= 0.6 is 0 Å². The molecule has 3 rings (SSSR count). The first kappa shape index (κ1) is 12.3. The average molecular weight is 247 g/mol. The van der Waals surface area contributed by atoms with Gasteiger partial charge in [0.1, 0.15) is 0 Å². The van der Waals surface area contributed by atoms with Crippen molar-refractivity contribution in [3.05, 3.63) is 12.2 Å². The van der Waals surface area contributed by atoms with Crippen LogP contribution in [-0.4, -0.2) is 11.9 Å². The number of hydrogen-bond donors (Lipinski definition) is 1. The monoisotopic (exact) mass is 247 g/mol. The standard InChI is InChI=1S/C16H25NO/c1-10-4-6-13-12(11(10)2)5-7-14-16(13,3)9-8-15(18)17-14/h8-14H,4-7H2,1-3H3,(H,17,18)/t10?,11?,12-,13?,14?,16+/m0/s1. The fourth-order valence-electron chi connectivity index (χ4n) is 4.82. The molecule has 1 N–H and O–H groups in total. The maximum absolute atomic E-state index is 11.5. The van der Waals surface area contributed by atoms with Crippen LogP contribution in [0.4, 0.5) is 0 Å². The molecule has 1 heterocycles. The van der Waals surface area contributed by atoms with Gasteiger partial charge in [0.2, 0.25) is 5.91 Å². The number of fused-ring (bicyclic) bond motifs is 3. The number of hydrogen-bond acceptors (Lipinski definition) is 1. The molecule has 18 heavy (non-hydrogen) atoms. The quantitative estimate of drug-likeness (QED) is 0.700. The first-order valence-electron chi connectivity index (χ1n) is 7.52. The van der Waals surface area contributed by atoms with Gasteiger partial charge in [0, 0.05) is 11.5 Å². The molecule has 0 aromatic rings. The highest BCUT2D eigenvalue weighted by atomic mass is 16.1. The van der Waals surface area contributed by atoms with Gasteiger partial charge in [-0.05, 0) is 49.0 Å². The molecule has 2 saturated carbocycles. The van der Waals surface area contributed by atoms with Crippen molar-refractivity contribution in [3.63, 3.8) is 0 Å². The molecule has 1 aliphatic heterocycles. The van der Waals surface area contributed by atoms with E-state index in [0.29, 0.717) is 6.04 Å². The van der Waals surface area contributed by atoms with Gasteiger partial charge < -0.3 is 5.32 Å². The van der Waals surface area contributed by atoms with Gasteiger partial charge in [-0.3, -0.25) is 4.79 Å². The summed E-state index contributed by atoms with van der Waals surface area (Å²) in [6, 6.07) is 0.372. The molecule has 100 valence electrons. The van der Waals surface area contributed by atoms with E-state index in [1.54, 1.807) is 6.08 Å². The molecule has 2 nitrogen and oxygen atoms in total. The summed E-state index contributed by atoms with van der Waals surface area (Å²) < 4.78 is 0. The normalized spacial score (nSPS) is 51.3. The smallest absolute Gasteiger partial charge is 0.243 e. The van der Waals surface area contributed by atoms with Gasteiger partial charge in [-0.25, -0.2) is 0 Å². The second-order valence-electron chi connectivity index (χ2n) is 7.02. The fourth-order valence-corrected chi connectivity index (χ4v) is 4.82. The molecule has 0 saturated heterocycles. The molecule has 3 aliphatic rings. The zero-order valence-corrected chi connectivity index (χ0v) is 11.8. The van der Waals surface area contributed by atoms with Gasteiger partial charge in [-0.2, -0.15) is 0 Å². The van der Waals surface area contributed by atoms with E-state index in [-0.39, 0.29) is 11.3 Å². The maximum atomic E-state index is 11.5. The SMILES string of the molecule is CC1CCC2[C@@H](CCC3NC(=O)C=C[C@@]32C)C1C. The van der Waals surface area contributed by atoms with Crippen LogP contribution in [0.2, 0.25) is 0 Å². The Morgan fingerprint density at radius 1 is 1.22 bits per heavy atom. The van der Waals surface area contributed by atoms with Crippen LogP contribution < -0.4 is 5.32 Å². The zero-order valence-electron chi connectivity index (χ0n) is 11.8. The minimum atomic E-state index is 0.105. The number of nitrogens with one attached hydrogen (secondary N) is 1. The lowest BCUT2D eigenvalue weighted by Gasteiger charge is -2.56. The fraction of sp³-hybridized carbons (Fsp3) is 0.812. The molecule has 2 fully saturated rings. The van der Waals surface area contributed by atoms with E-state index in [0.717, 1.165) is 30.1 Å². The molecule has 4 unspecified atom stereocenters. The third-order valence-corrected chi connectivity index (χ3v) is 6.27. The van der Waals surface area contributed by atoms with Crippen molar-refractivity contribution in [2.24, 2.45) is 29.1 Å². The second-order valence-corrected chi connectivity index (χ2v) is 7.02. The Balaban J connectivity index is 1.92. The average Bonchev–Trinajstić information content (AvgIpc) is 2.34. The summed E-state index contributed by atoms with van der Waals surface area (Å²) in [6.45, 7) is 7.22. The Morgan fingerprint density at radius 2 is 2.00 bits per heavy atom. The van der Waals surface area contributed by atoms with Gasteiger partial charge in [0.25, 0.3) is 0 Å². The molecule has 6 atom stereocenters. The number of carbonyl (C=O) groups is 1. The van der Waals surface area contributed by atoms with Crippen LogP contribution in [0.5, 0.6) is 0 Å². The van der Waals surface area contributed by atoms with Crippen molar-refractivity contribution in [2.75, 3.05) is 0 Å². The number of carbonyl (C=O) groups excluding carboxylic acids is 1. The molecule has 0 aromatic heterocycles. The Morgan fingerprint density at radius 3 is 2.78 bits per heavy atom. The summed E-state index contributed by atoms with van der Waals surface area (Å²) >= 11 is 0. The van der Waals surface area contributed by atoms with Crippen molar-refractivity contribution >= 4 is 5.91 Å². The minimum absolute atomic E-state index is 0.105. The summed E-state index contributed by atoms with van der Waals surface area (Å²) in [5.74, 6) is 3.43. The lowest BCUT2D eigenvalue weighted by molar-refractivity contribution is -0.121. The van der Waals surface area contributed by atoms with E-state index in [1.165, 1.54) is 19.3 Å². The Labute approximate surface area is 110 Å². The second kappa shape index (κ2) is 4.11. The first-order valence-corrected chi connectivity index (χ1v) is 7.52. The van der Waals surface area contributed by atoms with Gasteiger partial charge in [0.05, 0.1) is 0 Å². The van der Waals surface area contributed by atoms with Gasteiger partial charge >= 0.3 is 0 Å². The van der Waals surface area contributed by atoms with Gasteiger partial charge in [0.15, 0.2) is 0 Å². The zero-order chi connectivity index (χ0) is 12.9. The third-order valence-electron chi connectivity index (χ3n) is 6.27. The highest BCUT2D eigenvalue weighted by molar-refractivity contribution is 5.89. The van der Waals surface area contributed by atoms with E-state index in [2.05, 4.69) is 32.2 Å². The van der Waals surface area contributed by atoms with E-state index in [1.807, 2.05) is 0 Å². The Bertz CT molecular complexity index is 389. The number of amides is 1. The first-order chi connectivity index (χ1) is 8.52. The van der Waals surface area contributed by atoms with Crippen LogP contribution in [0, 0.1) is 29.1 Å². The van der Waals surface area contributed by atoms with Gasteiger partial charge in [-0.15, -0.1) is 0 Å².